The molecule has 3 aromatic carbocycles. The van der Waals surface area contributed by atoms with Gasteiger partial charge in [0.1, 0.15) is 5.69 Å². The number of piperazine rings is 1. The summed E-state index contributed by atoms with van der Waals surface area (Å²) in [6.45, 7) is 19.1. The van der Waals surface area contributed by atoms with Crippen molar-refractivity contribution in [2.24, 2.45) is 11.5 Å². The minimum Gasteiger partial charge on any atom is -0.415 e. The van der Waals surface area contributed by atoms with E-state index in [0.29, 0.717) is 81.4 Å². The Balaban J connectivity index is 0.000000158. The van der Waals surface area contributed by atoms with Crippen LogP contribution >= 0.6 is 0 Å². The number of anilines is 4. The molecule has 9 aromatic heterocycles. The SMILES string of the molecule is CC(C)(C#N)c1cc(-c2cnc(N)c(-c3nnc(-c4ccc(N5CCC(N)C5)cc4)o3)n2)ccn1.COC[C@@H](N)c1ccc(-c2nnc(-c3nc(-c4ccnc(C(C)(C)C#N)c4)cnc3N)o2)cc1.Cc1ncc(-c2ccnc(C(C)(C)C#N)c2)nc1-c1nnc(-c2ccc(N3CCN(C)CC3)cc2)o1.[HH]. The summed E-state index contributed by atoms with van der Waals surface area (Å²) in [7, 11) is 3.76. The van der Waals surface area contributed by atoms with Gasteiger partial charge in [-0.1, -0.05) is 12.1 Å². The molecule has 8 N–H and O–H groups in total. The summed E-state index contributed by atoms with van der Waals surface area (Å²) >= 11 is 0. The lowest BCUT2D eigenvalue weighted by molar-refractivity contribution is 0.181. The van der Waals surface area contributed by atoms with Crippen LogP contribution in [0.3, 0.4) is 0 Å². The molecule has 2 aliphatic rings. The van der Waals surface area contributed by atoms with E-state index in [1.165, 1.54) is 5.69 Å². The zero-order valence-electron chi connectivity index (χ0n) is 59.5. The second-order valence-corrected chi connectivity index (χ2v) is 27.0. The third-order valence-corrected chi connectivity index (χ3v) is 18.0. The van der Waals surface area contributed by atoms with E-state index < -0.39 is 16.2 Å². The van der Waals surface area contributed by atoms with Crippen molar-refractivity contribution in [2.75, 3.05) is 81.3 Å². The molecule has 2 aliphatic heterocycles. The van der Waals surface area contributed by atoms with Crippen LogP contribution in [-0.4, -0.2) is 146 Å². The largest absolute Gasteiger partial charge is 0.415 e. The number of hydrogen-bond acceptors (Lipinski definition) is 29. The normalized spacial score (nSPS) is 14.3. The molecule has 0 aliphatic carbocycles. The molecule has 2 atom stereocenters. The quantitative estimate of drug-likeness (QED) is 0.0658. The number of ether oxygens (including phenoxy) is 1. The summed E-state index contributed by atoms with van der Waals surface area (Å²) in [6, 6.07) is 41.4. The average molecular weight is 1410 g/mol. The van der Waals surface area contributed by atoms with Gasteiger partial charge in [0.05, 0.1) is 106 Å². The smallest absolute Gasteiger partial charge is 0.270 e. The number of rotatable bonds is 17. The lowest BCUT2D eigenvalue weighted by atomic mass is 9.90. The molecule has 29 heteroatoms. The monoisotopic (exact) mass is 1410 g/mol. The van der Waals surface area contributed by atoms with Crippen molar-refractivity contribution in [3.8, 4) is 121 Å². The molecule has 0 saturated carbocycles. The molecule has 12 aromatic rings. The van der Waals surface area contributed by atoms with Crippen molar-refractivity contribution in [2.45, 2.75) is 83.2 Å². The van der Waals surface area contributed by atoms with Gasteiger partial charge in [0.2, 0.25) is 17.7 Å². The topological polar surface area (TPSA) is 427 Å². The molecule has 2 fully saturated rings. The summed E-state index contributed by atoms with van der Waals surface area (Å²) in [5.74, 6) is 2.08. The van der Waals surface area contributed by atoms with Gasteiger partial charge in [0, 0.05) is 117 Å². The van der Waals surface area contributed by atoms with E-state index in [0.717, 1.165) is 90.3 Å². The Hall–Kier alpha value is -12.7. The van der Waals surface area contributed by atoms with Crippen LogP contribution in [0.15, 0.2) is 160 Å². The van der Waals surface area contributed by atoms with E-state index in [2.05, 4.69) is 123 Å². The van der Waals surface area contributed by atoms with E-state index in [1.807, 2.05) is 120 Å². The predicted molar refractivity (Wildman–Crippen MR) is 397 cm³/mol. The second-order valence-electron chi connectivity index (χ2n) is 27.0. The van der Waals surface area contributed by atoms with E-state index in [4.69, 9.17) is 45.9 Å². The van der Waals surface area contributed by atoms with Gasteiger partial charge in [-0.3, -0.25) is 19.9 Å². The van der Waals surface area contributed by atoms with Crippen LogP contribution in [0.1, 0.15) is 83.8 Å². The fourth-order valence-corrected chi connectivity index (χ4v) is 11.3. The number of pyridine rings is 3. The maximum atomic E-state index is 9.48. The van der Waals surface area contributed by atoms with Gasteiger partial charge in [-0.2, -0.15) is 15.8 Å². The van der Waals surface area contributed by atoms with Gasteiger partial charge < -0.3 is 55.6 Å². The summed E-state index contributed by atoms with van der Waals surface area (Å²) in [6.07, 6.45) is 10.8. The van der Waals surface area contributed by atoms with Crippen LogP contribution in [0.25, 0.3) is 103 Å². The van der Waals surface area contributed by atoms with Gasteiger partial charge in [0.15, 0.2) is 23.0 Å². The highest BCUT2D eigenvalue weighted by Gasteiger charge is 2.28. The summed E-state index contributed by atoms with van der Waals surface area (Å²) in [4.78, 5) is 47.0. The number of nitrogen functional groups attached to an aromatic ring is 2. The van der Waals surface area contributed by atoms with Crippen molar-refractivity contribution >= 4 is 23.0 Å². The van der Waals surface area contributed by atoms with Crippen LogP contribution in [0, 0.1) is 40.9 Å². The molecule has 11 heterocycles. The van der Waals surface area contributed by atoms with Crippen molar-refractivity contribution in [3.63, 3.8) is 0 Å². The fourth-order valence-electron chi connectivity index (χ4n) is 11.3. The van der Waals surface area contributed by atoms with Crippen molar-refractivity contribution in [1.82, 2.24) is 80.3 Å². The Morgan fingerprint density at radius 2 is 0.867 bits per heavy atom. The predicted octanol–water partition coefficient (Wildman–Crippen LogP) is 10.8. The van der Waals surface area contributed by atoms with Crippen molar-refractivity contribution in [3.05, 3.63) is 175 Å². The van der Waals surface area contributed by atoms with Gasteiger partial charge in [-0.15, -0.1) is 30.6 Å². The third kappa shape index (κ3) is 16.5. The zero-order chi connectivity index (χ0) is 74.2. The number of nitriles is 3. The lowest BCUT2D eigenvalue weighted by Gasteiger charge is -2.34. The molecule has 29 nitrogen and oxygen atoms in total. The Morgan fingerprint density at radius 1 is 0.495 bits per heavy atom. The average Bonchev–Trinajstić information content (AvgIpc) is 1.63. The van der Waals surface area contributed by atoms with Gasteiger partial charge >= 0.3 is 0 Å². The number of nitrogens with two attached hydrogens (primary N) is 4. The first-order valence-electron chi connectivity index (χ1n) is 33.7. The number of hydrogen-bond donors (Lipinski definition) is 4. The number of aromatic nitrogens is 15. The minimum absolute atomic E-state index is 0. The Kier molecular flexibility index (Phi) is 21.2. The molecule has 0 radical (unpaired) electrons. The maximum Gasteiger partial charge on any atom is 0.270 e. The number of aryl methyl sites for hydroxylation is 1. The third-order valence-electron chi connectivity index (χ3n) is 18.0. The molecule has 0 bridgehead atoms. The highest BCUT2D eigenvalue weighted by Crippen LogP contribution is 2.35. The molecule has 2 saturated heterocycles. The van der Waals surface area contributed by atoms with Crippen LogP contribution in [0.5, 0.6) is 0 Å². The molecular weight excluding hydrogens is 1330 g/mol. The van der Waals surface area contributed by atoms with Crippen molar-refractivity contribution < 1.29 is 19.4 Å². The first-order valence-corrected chi connectivity index (χ1v) is 33.7. The van der Waals surface area contributed by atoms with Crippen LogP contribution in [0.4, 0.5) is 23.0 Å². The molecule has 105 heavy (non-hydrogen) atoms. The van der Waals surface area contributed by atoms with Gasteiger partial charge in [-0.05, 0) is 165 Å². The minimum atomic E-state index is -0.746. The molecule has 0 amide bonds. The molecule has 0 spiro atoms. The zero-order valence-corrected chi connectivity index (χ0v) is 59.5. The molecule has 532 valence electrons. The molecular formula is C76H79N25O4. The molecule has 14 rings (SSSR count). The Morgan fingerprint density at radius 3 is 1.26 bits per heavy atom. The summed E-state index contributed by atoms with van der Waals surface area (Å²) < 4.78 is 22.9. The Bertz CT molecular complexity index is 5190. The second kappa shape index (κ2) is 30.9. The highest BCUT2D eigenvalue weighted by atomic mass is 16.5. The first-order chi connectivity index (χ1) is 50.5. The number of nitrogens with zero attached hydrogens (tertiary/aromatic N) is 21. The number of likely N-dealkylation sites (N-methyl/N-ethyl adjacent to an activating group) is 1. The van der Waals surface area contributed by atoms with Crippen LogP contribution < -0.4 is 32.7 Å². The standard InChI is InChI=1S/C27H28N8O.C25H25N9O.C24H24N8O2.H2/c1-18-24(31-22(16-30-18)20-9-10-29-23(15-20)27(2,3)17-28)26-33-32-25(36-26)19-5-7-21(8-6-19)35-13-11-34(4)12-14-35;1-25(2,14-26)20-11-16(7-9-29-20)19-12-30-22(28)21(31-19)24-33-32-23(35-24)15-3-5-18(6-4-15)34-10-8-17(27)13-34;1-24(2,13-25)19-10-16(8-9-28-19)18-11-29-21(27)20(30-18)23-32-31-22(34-23)15-6-4-14(5-7-15)17(26)12-33-3;/h5-10,15-16H,11-14H2,1-4H3;3-7,9,11-12,17H,8,10,13,27H2,1-2H3,(H2,28,30);4-11,17H,12,26H2,1-3H3,(H2,27,29);1H/t;;17-;/m..1./s1. The van der Waals surface area contributed by atoms with Crippen molar-refractivity contribution in [1.29, 1.82) is 15.8 Å². The van der Waals surface area contributed by atoms with E-state index >= 15 is 0 Å². The van der Waals surface area contributed by atoms with E-state index in [1.54, 1.807) is 70.3 Å². The first kappa shape index (κ1) is 72.1. The highest BCUT2D eigenvalue weighted by molar-refractivity contribution is 5.72. The number of benzene rings is 3. The summed E-state index contributed by atoms with van der Waals surface area (Å²) in [5, 5.41) is 53.5. The van der Waals surface area contributed by atoms with Gasteiger partial charge in [-0.25, -0.2) is 24.9 Å². The summed E-state index contributed by atoms with van der Waals surface area (Å²) in [5.41, 5.74) is 35.4. The van der Waals surface area contributed by atoms with E-state index in [9.17, 15) is 15.8 Å². The molecule has 1 unspecified atom stereocenters. The van der Waals surface area contributed by atoms with E-state index in [-0.39, 0.29) is 42.6 Å². The lowest BCUT2D eigenvalue weighted by Crippen LogP contribution is -2.44. The van der Waals surface area contributed by atoms with Gasteiger partial charge in [0.25, 0.3) is 17.7 Å². The van der Waals surface area contributed by atoms with Crippen LogP contribution in [-0.2, 0) is 21.0 Å². The Labute approximate surface area is 607 Å². The van der Waals surface area contributed by atoms with Crippen LogP contribution in [0.2, 0.25) is 0 Å². The number of methoxy groups -OCH3 is 1. The fraction of sp³-hybridized carbons (Fsp3) is 0.289. The maximum absolute atomic E-state index is 9.48.